The van der Waals surface area contributed by atoms with E-state index in [4.69, 9.17) is 0 Å². The Kier molecular flexibility index (Phi) is 3.03. The lowest BCUT2D eigenvalue weighted by Gasteiger charge is -2.05. The summed E-state index contributed by atoms with van der Waals surface area (Å²) in [6, 6.07) is 9.07. The summed E-state index contributed by atoms with van der Waals surface area (Å²) < 4.78 is 1.55. The van der Waals surface area contributed by atoms with Crippen LogP contribution in [0.2, 0.25) is 0 Å². The van der Waals surface area contributed by atoms with Crippen molar-refractivity contribution in [2.45, 2.75) is 0 Å². The first kappa shape index (κ1) is 11.5. The Hall–Kier alpha value is -2.54. The summed E-state index contributed by atoms with van der Waals surface area (Å²) in [6.45, 7) is 0. The third-order valence-electron chi connectivity index (χ3n) is 2.52. The van der Waals surface area contributed by atoms with Gasteiger partial charge < -0.3 is 5.32 Å². The van der Waals surface area contributed by atoms with Gasteiger partial charge in [0, 0.05) is 11.1 Å². The number of benzene rings is 1. The van der Waals surface area contributed by atoms with E-state index in [9.17, 15) is 4.79 Å². The number of rotatable bonds is 3. The summed E-state index contributed by atoms with van der Waals surface area (Å²) in [4.78, 5) is 11.8. The minimum Gasteiger partial charge on any atom is -0.322 e. The van der Waals surface area contributed by atoms with Crippen molar-refractivity contribution in [3.63, 3.8) is 0 Å². The highest BCUT2D eigenvalue weighted by molar-refractivity contribution is 7.08. The van der Waals surface area contributed by atoms with E-state index in [1.807, 2.05) is 22.9 Å². The minimum absolute atomic E-state index is 0.114. The van der Waals surface area contributed by atoms with Gasteiger partial charge in [0.15, 0.2) is 0 Å². The molecule has 0 saturated carbocycles. The molecule has 19 heavy (non-hydrogen) atoms. The summed E-state index contributed by atoms with van der Waals surface area (Å²) in [6.07, 6.45) is 1.51. The van der Waals surface area contributed by atoms with Crippen molar-refractivity contribution in [1.29, 1.82) is 0 Å². The number of carbonyl (C=O) groups is 1. The van der Waals surface area contributed by atoms with E-state index in [2.05, 4.69) is 20.8 Å². The molecule has 0 bridgehead atoms. The molecule has 0 aliphatic heterocycles. The van der Waals surface area contributed by atoms with E-state index in [0.29, 0.717) is 5.56 Å². The lowest BCUT2D eigenvalue weighted by atomic mass is 10.2. The van der Waals surface area contributed by atoms with E-state index >= 15 is 0 Å². The van der Waals surface area contributed by atoms with Crippen LogP contribution in [0.3, 0.4) is 0 Å². The molecule has 0 radical (unpaired) electrons. The Labute approximate surface area is 112 Å². The van der Waals surface area contributed by atoms with Crippen LogP contribution < -0.4 is 5.32 Å². The highest BCUT2D eigenvalue weighted by Gasteiger charge is 2.06. The Morgan fingerprint density at radius 3 is 2.68 bits per heavy atom. The number of amides is 1. The first-order valence-corrected chi connectivity index (χ1v) is 6.44. The fraction of sp³-hybridized carbons (Fsp3) is 0. The van der Waals surface area contributed by atoms with E-state index in [-0.39, 0.29) is 5.91 Å². The van der Waals surface area contributed by atoms with Gasteiger partial charge in [-0.1, -0.05) is 0 Å². The van der Waals surface area contributed by atoms with Gasteiger partial charge in [-0.15, -0.1) is 5.10 Å². The van der Waals surface area contributed by atoms with Crippen molar-refractivity contribution in [3.8, 4) is 5.69 Å². The van der Waals surface area contributed by atoms with Crippen molar-refractivity contribution in [1.82, 2.24) is 20.2 Å². The van der Waals surface area contributed by atoms with Crippen molar-refractivity contribution >= 4 is 22.9 Å². The van der Waals surface area contributed by atoms with Gasteiger partial charge in [0.05, 0.1) is 11.3 Å². The van der Waals surface area contributed by atoms with Crippen LogP contribution in [-0.4, -0.2) is 26.1 Å². The molecular weight excluding hydrogens is 262 g/mol. The smallest absolute Gasteiger partial charge is 0.256 e. The molecule has 0 spiro atoms. The van der Waals surface area contributed by atoms with Crippen LogP contribution in [0.5, 0.6) is 0 Å². The predicted octanol–water partition coefficient (Wildman–Crippen LogP) is 1.98. The number of nitrogens with one attached hydrogen (secondary N) is 1. The molecule has 1 aromatic carbocycles. The fourth-order valence-electron chi connectivity index (χ4n) is 1.57. The number of anilines is 1. The number of hydrogen-bond donors (Lipinski definition) is 1. The first-order chi connectivity index (χ1) is 9.33. The molecule has 6 nitrogen and oxygen atoms in total. The molecule has 0 atom stereocenters. The third kappa shape index (κ3) is 2.50. The van der Waals surface area contributed by atoms with Gasteiger partial charge in [-0.2, -0.15) is 11.3 Å². The maximum atomic E-state index is 11.8. The number of carbonyl (C=O) groups excluding carboxylic acids is 1. The third-order valence-corrected chi connectivity index (χ3v) is 3.21. The van der Waals surface area contributed by atoms with Gasteiger partial charge >= 0.3 is 0 Å². The molecular formula is C12H9N5OS. The second-order valence-corrected chi connectivity index (χ2v) is 4.55. The Morgan fingerprint density at radius 2 is 2.05 bits per heavy atom. The van der Waals surface area contributed by atoms with Gasteiger partial charge in [-0.25, -0.2) is 4.68 Å². The summed E-state index contributed by atoms with van der Waals surface area (Å²) in [5, 5.41) is 17.4. The standard InChI is InChI=1S/C12H9N5OS/c18-12(9-5-6-19-7-9)14-10-1-3-11(4-2-10)17-8-13-15-16-17/h1-8H,(H,14,18). The Bertz CT molecular complexity index is 661. The lowest BCUT2D eigenvalue weighted by Crippen LogP contribution is -2.10. The average molecular weight is 271 g/mol. The molecule has 94 valence electrons. The lowest BCUT2D eigenvalue weighted by molar-refractivity contribution is 0.102. The van der Waals surface area contributed by atoms with Gasteiger partial charge in [0.2, 0.25) is 0 Å². The largest absolute Gasteiger partial charge is 0.322 e. The molecule has 0 aliphatic carbocycles. The first-order valence-electron chi connectivity index (χ1n) is 5.50. The van der Waals surface area contributed by atoms with Gasteiger partial charge in [0.1, 0.15) is 6.33 Å². The molecule has 3 aromatic rings. The quantitative estimate of drug-likeness (QED) is 0.790. The molecule has 3 rings (SSSR count). The average Bonchev–Trinajstić information content (AvgIpc) is 3.13. The van der Waals surface area contributed by atoms with Crippen molar-refractivity contribution < 1.29 is 4.79 Å². The van der Waals surface area contributed by atoms with Crippen molar-refractivity contribution in [2.75, 3.05) is 5.32 Å². The summed E-state index contributed by atoms with van der Waals surface area (Å²) in [5.41, 5.74) is 2.22. The maximum Gasteiger partial charge on any atom is 0.256 e. The van der Waals surface area contributed by atoms with Crippen LogP contribution in [-0.2, 0) is 0 Å². The summed E-state index contributed by atoms with van der Waals surface area (Å²) in [7, 11) is 0. The summed E-state index contributed by atoms with van der Waals surface area (Å²) >= 11 is 1.49. The van der Waals surface area contributed by atoms with Crippen molar-refractivity contribution in [3.05, 3.63) is 53.0 Å². The highest BCUT2D eigenvalue weighted by Crippen LogP contribution is 2.14. The van der Waals surface area contributed by atoms with Gasteiger partial charge in [-0.3, -0.25) is 4.79 Å². The second-order valence-electron chi connectivity index (χ2n) is 3.77. The van der Waals surface area contributed by atoms with Crippen LogP contribution in [0.4, 0.5) is 5.69 Å². The molecule has 0 aliphatic rings. The van der Waals surface area contributed by atoms with E-state index in [1.165, 1.54) is 17.7 Å². The van der Waals surface area contributed by atoms with E-state index in [0.717, 1.165) is 11.4 Å². The molecule has 1 N–H and O–H groups in total. The zero-order valence-corrected chi connectivity index (χ0v) is 10.5. The van der Waals surface area contributed by atoms with Crippen LogP contribution in [0, 0.1) is 0 Å². The topological polar surface area (TPSA) is 72.7 Å². The fourth-order valence-corrected chi connectivity index (χ4v) is 2.21. The van der Waals surface area contributed by atoms with Crippen LogP contribution >= 0.6 is 11.3 Å². The molecule has 1 amide bonds. The van der Waals surface area contributed by atoms with Crippen LogP contribution in [0.15, 0.2) is 47.4 Å². The molecule has 7 heteroatoms. The van der Waals surface area contributed by atoms with E-state index < -0.39 is 0 Å². The number of aromatic nitrogens is 4. The molecule has 2 heterocycles. The Morgan fingerprint density at radius 1 is 1.21 bits per heavy atom. The zero-order valence-electron chi connectivity index (χ0n) is 9.72. The molecule has 0 fully saturated rings. The van der Waals surface area contributed by atoms with E-state index in [1.54, 1.807) is 22.9 Å². The van der Waals surface area contributed by atoms with Crippen LogP contribution in [0.1, 0.15) is 10.4 Å². The molecule has 2 aromatic heterocycles. The van der Waals surface area contributed by atoms with Crippen LogP contribution in [0.25, 0.3) is 5.69 Å². The normalized spacial score (nSPS) is 10.3. The zero-order chi connectivity index (χ0) is 13.1. The van der Waals surface area contributed by atoms with Gasteiger partial charge in [-0.05, 0) is 46.1 Å². The number of nitrogens with zero attached hydrogens (tertiary/aromatic N) is 4. The summed E-state index contributed by atoms with van der Waals surface area (Å²) in [5.74, 6) is -0.114. The number of tetrazole rings is 1. The number of hydrogen-bond acceptors (Lipinski definition) is 5. The predicted molar refractivity (Wildman–Crippen MR) is 71.4 cm³/mol. The maximum absolute atomic E-state index is 11.8. The monoisotopic (exact) mass is 271 g/mol. The highest BCUT2D eigenvalue weighted by atomic mass is 32.1. The van der Waals surface area contributed by atoms with Crippen molar-refractivity contribution in [2.24, 2.45) is 0 Å². The SMILES string of the molecule is O=C(Nc1ccc(-n2cnnn2)cc1)c1ccsc1. The number of thiophene rings is 1. The second kappa shape index (κ2) is 4.99. The minimum atomic E-state index is -0.114. The molecule has 0 saturated heterocycles. The van der Waals surface area contributed by atoms with Gasteiger partial charge in [0.25, 0.3) is 5.91 Å². The molecule has 0 unspecified atom stereocenters. The Balaban J connectivity index is 1.75.